The van der Waals surface area contributed by atoms with E-state index in [0.717, 1.165) is 31.4 Å². The summed E-state index contributed by atoms with van der Waals surface area (Å²) in [5.41, 5.74) is 1.49. The second-order valence-electron chi connectivity index (χ2n) is 17.8. The van der Waals surface area contributed by atoms with Gasteiger partial charge >= 0.3 is 0 Å². The lowest BCUT2D eigenvalue weighted by Gasteiger charge is -2.39. The Morgan fingerprint density at radius 2 is 0.962 bits per heavy atom. The largest absolute Gasteiger partial charge is 0.304 e. The number of hydrogen-bond donors (Lipinski definition) is 0. The van der Waals surface area contributed by atoms with E-state index in [1.807, 2.05) is 0 Å². The van der Waals surface area contributed by atoms with E-state index in [-0.39, 0.29) is 11.0 Å². The van der Waals surface area contributed by atoms with Gasteiger partial charge in [-0.25, -0.2) is 4.68 Å². The average Bonchev–Trinajstić information content (AvgIpc) is 3.57. The summed E-state index contributed by atoms with van der Waals surface area (Å²) in [5.74, 6) is 0. The Kier molecular flexibility index (Phi) is 29.9. The second kappa shape index (κ2) is 32.3. The first kappa shape index (κ1) is 49.1. The molecular formula is C49H90N4. The predicted octanol–water partition coefficient (Wildman–Crippen LogP) is 15.5. The Morgan fingerprint density at radius 3 is 1.38 bits per heavy atom. The highest BCUT2D eigenvalue weighted by atomic mass is 15.4. The van der Waals surface area contributed by atoms with Crippen molar-refractivity contribution in [2.75, 3.05) is 14.1 Å². The maximum Gasteiger partial charge on any atom is 0.0832 e. The van der Waals surface area contributed by atoms with E-state index in [1.54, 1.807) is 0 Å². The monoisotopic (exact) mass is 735 g/mol. The van der Waals surface area contributed by atoms with Gasteiger partial charge in [0.1, 0.15) is 0 Å². The second-order valence-corrected chi connectivity index (χ2v) is 17.8. The molecule has 0 aliphatic rings. The van der Waals surface area contributed by atoms with Gasteiger partial charge in [-0.1, -0.05) is 171 Å². The summed E-state index contributed by atoms with van der Waals surface area (Å²) in [6, 6.07) is 0.481. The van der Waals surface area contributed by atoms with E-state index < -0.39 is 0 Å². The Balaban J connectivity index is 2.45. The molecule has 4 heteroatoms. The highest BCUT2D eigenvalue weighted by Crippen LogP contribution is 2.34. The quantitative estimate of drug-likeness (QED) is 0.0508. The molecule has 0 radical (unpaired) electrons. The molecule has 0 atom stereocenters. The van der Waals surface area contributed by atoms with E-state index in [0.29, 0.717) is 6.04 Å². The fourth-order valence-electron chi connectivity index (χ4n) is 7.60. The lowest BCUT2D eigenvalue weighted by atomic mass is 9.76. The van der Waals surface area contributed by atoms with E-state index >= 15 is 0 Å². The Labute approximate surface area is 331 Å². The maximum atomic E-state index is 4.75. The smallest absolute Gasteiger partial charge is 0.0832 e. The van der Waals surface area contributed by atoms with Crippen molar-refractivity contribution in [2.24, 2.45) is 5.41 Å². The molecule has 0 spiro atoms. The molecule has 1 aromatic heterocycles. The minimum absolute atomic E-state index is 0.158. The fourth-order valence-corrected chi connectivity index (χ4v) is 7.60. The SMILES string of the molecule is CCCCCC=CCC=CCCCCCCCCC(CCCCCCCCC=CCC=CCCCCC)n1cc(CC(C)(C)CC(C)(C)N(C)C)nn1. The van der Waals surface area contributed by atoms with Gasteiger partial charge in [0.2, 0.25) is 0 Å². The highest BCUT2D eigenvalue weighted by molar-refractivity contribution is 5.00. The number of aromatic nitrogens is 3. The zero-order valence-electron chi connectivity index (χ0n) is 36.9. The summed E-state index contributed by atoms with van der Waals surface area (Å²) >= 11 is 0. The standard InChI is InChI=1S/C49H90N4/c1-9-11-13-15-17-19-21-23-25-27-29-31-33-35-37-39-41-47(53-44-46(50-51-53)43-48(3,4)45-49(5,6)52(7)8)42-40-38-36-34-32-30-28-26-24-22-20-18-16-14-12-10-2/h17-20,23-26,44,47H,9-16,21-22,27-43,45H2,1-8H3. The van der Waals surface area contributed by atoms with Crippen LogP contribution in [-0.2, 0) is 6.42 Å². The molecule has 0 aliphatic heterocycles. The van der Waals surface area contributed by atoms with Crippen molar-refractivity contribution in [2.45, 2.75) is 233 Å². The molecule has 0 amide bonds. The van der Waals surface area contributed by atoms with Crippen LogP contribution in [0.2, 0.25) is 0 Å². The lowest BCUT2D eigenvalue weighted by Crippen LogP contribution is -2.42. The van der Waals surface area contributed by atoms with Crippen molar-refractivity contribution >= 4 is 0 Å². The van der Waals surface area contributed by atoms with Gasteiger partial charge in [0.25, 0.3) is 0 Å². The van der Waals surface area contributed by atoms with Crippen LogP contribution in [0.4, 0.5) is 0 Å². The van der Waals surface area contributed by atoms with Crippen LogP contribution in [0.1, 0.15) is 227 Å². The van der Waals surface area contributed by atoms with E-state index in [1.165, 1.54) is 154 Å². The first-order valence-corrected chi connectivity index (χ1v) is 22.8. The van der Waals surface area contributed by atoms with Gasteiger partial charge in [0.15, 0.2) is 0 Å². The third-order valence-electron chi connectivity index (χ3n) is 11.2. The first-order valence-electron chi connectivity index (χ1n) is 22.8. The Hall–Kier alpha value is -1.94. The van der Waals surface area contributed by atoms with Crippen LogP contribution >= 0.6 is 0 Å². The van der Waals surface area contributed by atoms with Crippen molar-refractivity contribution in [1.82, 2.24) is 19.9 Å². The van der Waals surface area contributed by atoms with Gasteiger partial charge in [0.05, 0.1) is 11.7 Å². The molecule has 0 saturated carbocycles. The van der Waals surface area contributed by atoms with Crippen molar-refractivity contribution in [3.63, 3.8) is 0 Å². The zero-order chi connectivity index (χ0) is 38.9. The molecule has 0 fully saturated rings. The van der Waals surface area contributed by atoms with Gasteiger partial charge in [-0.3, -0.25) is 0 Å². The molecule has 0 bridgehead atoms. The van der Waals surface area contributed by atoms with Gasteiger partial charge in [-0.15, -0.1) is 5.10 Å². The van der Waals surface area contributed by atoms with Crippen LogP contribution in [-0.4, -0.2) is 39.5 Å². The molecule has 0 unspecified atom stereocenters. The van der Waals surface area contributed by atoms with E-state index in [4.69, 9.17) is 10.3 Å². The van der Waals surface area contributed by atoms with Crippen molar-refractivity contribution in [1.29, 1.82) is 0 Å². The lowest BCUT2D eigenvalue weighted by molar-refractivity contribution is 0.120. The maximum absolute atomic E-state index is 4.75. The van der Waals surface area contributed by atoms with Gasteiger partial charge in [-0.2, -0.15) is 0 Å². The van der Waals surface area contributed by atoms with Crippen molar-refractivity contribution in [3.05, 3.63) is 60.5 Å². The van der Waals surface area contributed by atoms with Crippen LogP contribution < -0.4 is 0 Å². The number of nitrogens with zero attached hydrogens (tertiary/aromatic N) is 4. The summed E-state index contributed by atoms with van der Waals surface area (Å²) in [4.78, 5) is 2.35. The molecule has 0 N–H and O–H groups in total. The third-order valence-corrected chi connectivity index (χ3v) is 11.2. The Morgan fingerprint density at radius 1 is 0.566 bits per heavy atom. The van der Waals surface area contributed by atoms with Crippen LogP contribution in [0.25, 0.3) is 0 Å². The molecule has 1 heterocycles. The topological polar surface area (TPSA) is 34.0 Å². The molecule has 53 heavy (non-hydrogen) atoms. The molecule has 0 aliphatic carbocycles. The fraction of sp³-hybridized carbons (Fsp3) is 0.796. The molecule has 0 saturated heterocycles. The highest BCUT2D eigenvalue weighted by Gasteiger charge is 2.31. The molecule has 306 valence electrons. The minimum Gasteiger partial charge on any atom is -0.304 e. The molecule has 4 nitrogen and oxygen atoms in total. The molecule has 1 rings (SSSR count). The third kappa shape index (κ3) is 28.2. The van der Waals surface area contributed by atoms with Crippen LogP contribution in [0.5, 0.6) is 0 Å². The van der Waals surface area contributed by atoms with Gasteiger partial charge in [0, 0.05) is 11.7 Å². The summed E-state index contributed by atoms with van der Waals surface area (Å²) < 4.78 is 2.25. The van der Waals surface area contributed by atoms with Crippen molar-refractivity contribution < 1.29 is 0 Å². The predicted molar refractivity (Wildman–Crippen MR) is 237 cm³/mol. The Bertz CT molecular complexity index is 1020. The van der Waals surface area contributed by atoms with Crippen LogP contribution in [0, 0.1) is 5.41 Å². The van der Waals surface area contributed by atoms with E-state index in [2.05, 4.69) is 120 Å². The number of rotatable bonds is 36. The average molecular weight is 735 g/mol. The number of allylic oxidation sites excluding steroid dienone is 8. The molecular weight excluding hydrogens is 645 g/mol. The minimum atomic E-state index is 0.158. The zero-order valence-corrected chi connectivity index (χ0v) is 36.9. The normalized spacial score (nSPS) is 13.7. The van der Waals surface area contributed by atoms with E-state index in [9.17, 15) is 0 Å². The van der Waals surface area contributed by atoms with Gasteiger partial charge in [-0.05, 0) is 123 Å². The van der Waals surface area contributed by atoms with Crippen LogP contribution in [0.15, 0.2) is 54.8 Å². The van der Waals surface area contributed by atoms with Gasteiger partial charge < -0.3 is 4.90 Å². The summed E-state index contributed by atoms with van der Waals surface area (Å²) in [6.07, 6.45) is 57.0. The summed E-state index contributed by atoms with van der Waals surface area (Å²) in [5, 5.41) is 9.48. The summed E-state index contributed by atoms with van der Waals surface area (Å²) in [6.45, 7) is 14.0. The first-order chi connectivity index (χ1) is 25.6. The summed E-state index contributed by atoms with van der Waals surface area (Å²) in [7, 11) is 4.39. The number of unbranched alkanes of at least 4 members (excludes halogenated alkanes) is 18. The van der Waals surface area contributed by atoms with Crippen LogP contribution in [0.3, 0.4) is 0 Å². The number of hydrogen-bond acceptors (Lipinski definition) is 3. The van der Waals surface area contributed by atoms with Crippen molar-refractivity contribution in [3.8, 4) is 0 Å². The molecule has 0 aromatic carbocycles. The molecule has 1 aromatic rings.